The highest BCUT2D eigenvalue weighted by molar-refractivity contribution is 5.74. The molecule has 0 bridgehead atoms. The molecule has 0 radical (unpaired) electrons. The van der Waals surface area contributed by atoms with E-state index >= 15 is 0 Å². The number of likely N-dealkylation sites (N-methyl/N-ethyl adjacent to an activating group) is 1. The standard InChI is InChI=1S/C15H26N2O3/c1-15(2)12(10-6-7-20-13(10)15)16-14(19)17(3)8-11(18)9-4-5-9/h9-13,18H,4-8H2,1-3H3,(H,16,19). The summed E-state index contributed by atoms with van der Waals surface area (Å²) in [6.07, 6.45) is 3.13. The average Bonchev–Trinajstić information content (AvgIpc) is 3.14. The van der Waals surface area contributed by atoms with Gasteiger partial charge < -0.3 is 20.1 Å². The average molecular weight is 282 g/mol. The highest BCUT2D eigenvalue weighted by Crippen LogP contribution is 2.52. The zero-order valence-electron chi connectivity index (χ0n) is 12.6. The summed E-state index contributed by atoms with van der Waals surface area (Å²) in [5.41, 5.74) is 0.00672. The van der Waals surface area contributed by atoms with Gasteiger partial charge in [-0.25, -0.2) is 4.79 Å². The molecule has 1 heterocycles. The molecule has 2 aliphatic carbocycles. The molecule has 1 aliphatic heterocycles. The molecular formula is C15H26N2O3. The molecule has 4 unspecified atom stereocenters. The molecule has 3 rings (SSSR count). The number of urea groups is 1. The van der Waals surface area contributed by atoms with E-state index < -0.39 is 0 Å². The Labute approximate surface area is 120 Å². The molecule has 5 nitrogen and oxygen atoms in total. The van der Waals surface area contributed by atoms with Gasteiger partial charge in [0.25, 0.3) is 0 Å². The molecule has 2 N–H and O–H groups in total. The minimum atomic E-state index is -0.372. The molecule has 20 heavy (non-hydrogen) atoms. The Hall–Kier alpha value is -0.810. The van der Waals surface area contributed by atoms with Gasteiger partial charge >= 0.3 is 6.03 Å². The number of aliphatic hydroxyl groups excluding tert-OH is 1. The Kier molecular flexibility index (Phi) is 3.45. The first kappa shape index (κ1) is 14.1. The summed E-state index contributed by atoms with van der Waals surface area (Å²) in [7, 11) is 1.76. The van der Waals surface area contributed by atoms with E-state index in [1.165, 1.54) is 0 Å². The maximum atomic E-state index is 12.3. The largest absolute Gasteiger partial charge is 0.391 e. The molecule has 4 atom stereocenters. The lowest BCUT2D eigenvalue weighted by atomic mass is 9.57. The van der Waals surface area contributed by atoms with Crippen LogP contribution in [0.1, 0.15) is 33.1 Å². The van der Waals surface area contributed by atoms with Crippen molar-refractivity contribution in [3.05, 3.63) is 0 Å². The molecule has 0 aromatic carbocycles. The van der Waals surface area contributed by atoms with E-state index in [2.05, 4.69) is 19.2 Å². The third-order valence-electron chi connectivity index (χ3n) is 5.35. The van der Waals surface area contributed by atoms with Crippen LogP contribution < -0.4 is 5.32 Å². The molecule has 3 fully saturated rings. The smallest absolute Gasteiger partial charge is 0.317 e. The predicted octanol–water partition coefficient (Wildman–Crippen LogP) is 1.21. The van der Waals surface area contributed by atoms with Crippen molar-refractivity contribution < 1.29 is 14.6 Å². The number of carbonyl (C=O) groups is 1. The lowest BCUT2D eigenvalue weighted by molar-refractivity contribution is -0.109. The van der Waals surface area contributed by atoms with Crippen LogP contribution in [0.3, 0.4) is 0 Å². The summed E-state index contributed by atoms with van der Waals surface area (Å²) < 4.78 is 5.74. The summed E-state index contributed by atoms with van der Waals surface area (Å²) in [6, 6.07) is 0.108. The van der Waals surface area contributed by atoms with Crippen LogP contribution in [0, 0.1) is 17.3 Å². The maximum absolute atomic E-state index is 12.3. The molecule has 0 aromatic heterocycles. The van der Waals surface area contributed by atoms with Crippen molar-refractivity contribution in [3.63, 3.8) is 0 Å². The van der Waals surface area contributed by atoms with Crippen molar-refractivity contribution in [1.29, 1.82) is 0 Å². The van der Waals surface area contributed by atoms with Crippen molar-refractivity contribution in [2.24, 2.45) is 17.3 Å². The molecule has 0 aromatic rings. The fourth-order valence-corrected chi connectivity index (χ4v) is 3.85. The highest BCUT2D eigenvalue weighted by Gasteiger charge is 2.59. The summed E-state index contributed by atoms with van der Waals surface area (Å²) >= 11 is 0. The fraction of sp³-hybridized carbons (Fsp3) is 0.933. The topological polar surface area (TPSA) is 61.8 Å². The van der Waals surface area contributed by atoms with E-state index in [4.69, 9.17) is 4.74 Å². The second-order valence-corrected chi connectivity index (χ2v) is 7.28. The Balaban J connectivity index is 1.53. The monoisotopic (exact) mass is 282 g/mol. The van der Waals surface area contributed by atoms with Gasteiger partial charge in [0, 0.05) is 37.6 Å². The minimum Gasteiger partial charge on any atom is -0.391 e. The van der Waals surface area contributed by atoms with Gasteiger partial charge in [0.05, 0.1) is 12.2 Å². The zero-order valence-corrected chi connectivity index (χ0v) is 12.6. The molecule has 3 aliphatic rings. The van der Waals surface area contributed by atoms with Crippen molar-refractivity contribution in [2.45, 2.75) is 51.4 Å². The Morgan fingerprint density at radius 3 is 2.80 bits per heavy atom. The summed E-state index contributed by atoms with van der Waals surface area (Å²) in [5, 5.41) is 13.1. The quantitative estimate of drug-likeness (QED) is 0.815. The normalized spacial score (nSPS) is 35.9. The second-order valence-electron chi connectivity index (χ2n) is 7.28. The first-order valence-electron chi connectivity index (χ1n) is 7.72. The van der Waals surface area contributed by atoms with Gasteiger partial charge in [-0.05, 0) is 25.2 Å². The van der Waals surface area contributed by atoms with Crippen molar-refractivity contribution in [2.75, 3.05) is 20.2 Å². The second kappa shape index (κ2) is 4.88. The number of nitrogens with zero attached hydrogens (tertiary/aromatic N) is 1. The van der Waals surface area contributed by atoms with Gasteiger partial charge in [0.2, 0.25) is 0 Å². The summed E-state index contributed by atoms with van der Waals surface area (Å²) in [4.78, 5) is 13.9. The van der Waals surface area contributed by atoms with E-state index in [-0.39, 0.29) is 29.7 Å². The van der Waals surface area contributed by atoms with Gasteiger partial charge in [0.15, 0.2) is 0 Å². The number of fused-ring (bicyclic) bond motifs is 1. The Bertz CT molecular complexity index is 395. The third-order valence-corrected chi connectivity index (χ3v) is 5.35. The molecule has 5 heteroatoms. The van der Waals surface area contributed by atoms with Crippen molar-refractivity contribution >= 4 is 6.03 Å². The minimum absolute atomic E-state index is 0.00672. The third kappa shape index (κ3) is 2.31. The molecule has 2 amide bonds. The summed E-state index contributed by atoms with van der Waals surface area (Å²) in [6.45, 7) is 5.54. The number of nitrogens with one attached hydrogen (secondary N) is 1. The predicted molar refractivity (Wildman–Crippen MR) is 75.3 cm³/mol. The maximum Gasteiger partial charge on any atom is 0.317 e. The molecule has 2 saturated carbocycles. The van der Waals surface area contributed by atoms with Crippen LogP contribution in [-0.2, 0) is 4.74 Å². The number of hydrogen-bond donors (Lipinski definition) is 2. The van der Waals surface area contributed by atoms with Crippen LogP contribution >= 0.6 is 0 Å². The van der Waals surface area contributed by atoms with Crippen LogP contribution in [-0.4, -0.2) is 54.5 Å². The van der Waals surface area contributed by atoms with E-state index in [0.717, 1.165) is 25.9 Å². The molecule has 0 spiro atoms. The number of ether oxygens (including phenoxy) is 1. The Morgan fingerprint density at radius 2 is 2.15 bits per heavy atom. The van der Waals surface area contributed by atoms with E-state index in [1.807, 2.05) is 0 Å². The Morgan fingerprint density at radius 1 is 1.45 bits per heavy atom. The summed E-state index contributed by atoms with van der Waals surface area (Å²) in [5.74, 6) is 0.855. The van der Waals surface area contributed by atoms with Gasteiger partial charge in [-0.3, -0.25) is 0 Å². The number of aliphatic hydroxyl groups is 1. The van der Waals surface area contributed by atoms with Crippen LogP contribution in [0.4, 0.5) is 4.79 Å². The van der Waals surface area contributed by atoms with Gasteiger partial charge in [0.1, 0.15) is 0 Å². The number of hydrogen-bond acceptors (Lipinski definition) is 3. The van der Waals surface area contributed by atoms with Crippen LogP contribution in [0.15, 0.2) is 0 Å². The van der Waals surface area contributed by atoms with E-state index in [1.54, 1.807) is 11.9 Å². The lowest BCUT2D eigenvalue weighted by Crippen LogP contribution is -2.67. The van der Waals surface area contributed by atoms with Crippen molar-refractivity contribution in [3.8, 4) is 0 Å². The zero-order chi connectivity index (χ0) is 14.5. The van der Waals surface area contributed by atoms with Crippen molar-refractivity contribution in [1.82, 2.24) is 10.2 Å². The number of carbonyl (C=O) groups excluding carboxylic acids is 1. The fourth-order valence-electron chi connectivity index (χ4n) is 3.85. The lowest BCUT2D eigenvalue weighted by Gasteiger charge is -2.54. The van der Waals surface area contributed by atoms with Gasteiger partial charge in [-0.1, -0.05) is 13.8 Å². The number of amides is 2. The van der Waals surface area contributed by atoms with Gasteiger partial charge in [-0.2, -0.15) is 0 Å². The first-order valence-corrected chi connectivity index (χ1v) is 7.72. The molecule has 114 valence electrons. The SMILES string of the molecule is CN(CC(O)C1CC1)C(=O)NC1C2CCOC2C1(C)C. The highest BCUT2D eigenvalue weighted by atomic mass is 16.5. The van der Waals surface area contributed by atoms with Crippen LogP contribution in [0.5, 0.6) is 0 Å². The van der Waals surface area contributed by atoms with E-state index in [9.17, 15) is 9.90 Å². The van der Waals surface area contributed by atoms with Gasteiger partial charge in [-0.15, -0.1) is 0 Å². The van der Waals surface area contributed by atoms with Crippen LogP contribution in [0.25, 0.3) is 0 Å². The van der Waals surface area contributed by atoms with E-state index in [0.29, 0.717) is 18.4 Å². The molecule has 1 saturated heterocycles. The molecular weight excluding hydrogens is 256 g/mol. The number of rotatable bonds is 4. The van der Waals surface area contributed by atoms with Crippen LogP contribution in [0.2, 0.25) is 0 Å². The first-order chi connectivity index (χ1) is 9.41.